The first-order valence-electron chi connectivity index (χ1n) is 10.4. The lowest BCUT2D eigenvalue weighted by molar-refractivity contribution is 0.123. The summed E-state index contributed by atoms with van der Waals surface area (Å²) in [5.41, 5.74) is 2.83. The molecule has 3 atom stereocenters. The number of rotatable bonds is 7. The highest BCUT2D eigenvalue weighted by molar-refractivity contribution is 8.00. The number of ether oxygens (including phenoxy) is 2. The van der Waals surface area contributed by atoms with Gasteiger partial charge in [-0.3, -0.25) is 0 Å². The van der Waals surface area contributed by atoms with Crippen LogP contribution in [0.1, 0.15) is 18.9 Å². The monoisotopic (exact) mass is 458 g/mol. The van der Waals surface area contributed by atoms with Crippen molar-refractivity contribution in [2.75, 3.05) is 29.5 Å². The maximum absolute atomic E-state index is 14.0. The van der Waals surface area contributed by atoms with E-state index in [1.165, 1.54) is 24.7 Å². The third-order valence-corrected chi connectivity index (χ3v) is 6.07. The minimum absolute atomic E-state index is 0.121. The Kier molecular flexibility index (Phi) is 6.21. The summed E-state index contributed by atoms with van der Waals surface area (Å²) < 4.78 is 40.5. The lowest BCUT2D eigenvalue weighted by Crippen LogP contribution is -2.24. The topological polar surface area (TPSA) is 85.4 Å². The summed E-state index contributed by atoms with van der Waals surface area (Å²) in [4.78, 5) is 8.77. The average Bonchev–Trinajstić information content (AvgIpc) is 3.23. The van der Waals surface area contributed by atoms with Gasteiger partial charge in [0.05, 0.1) is 17.8 Å². The molecule has 1 saturated heterocycles. The Balaban J connectivity index is 1.67. The van der Waals surface area contributed by atoms with Crippen LogP contribution in [0.25, 0.3) is 10.9 Å². The SMILES string of the molecule is C=S(C)(=O)Nc1cc(C)c2c(Nc3ccc(F)cc3OC(C)C3CCOC3)ncnc2c1. The first-order chi connectivity index (χ1) is 15.2. The minimum Gasteiger partial charge on any atom is -0.488 e. The highest BCUT2D eigenvalue weighted by atomic mass is 32.2. The van der Waals surface area contributed by atoms with Crippen LogP contribution >= 0.6 is 0 Å². The standard InChI is InChI=1S/C23H27FN4O3S/c1-14-9-18(28-32(3,4)29)11-20-22(14)23(26-13-25-20)27-19-6-5-17(24)10-21(19)31-15(2)16-7-8-30-12-16/h5-6,9-11,13,15-16H,3,7-8,12H2,1-2,4H3,(H,28,29)(H,25,26,27). The van der Waals surface area contributed by atoms with Gasteiger partial charge in [-0.05, 0) is 56.0 Å². The summed E-state index contributed by atoms with van der Waals surface area (Å²) in [6, 6.07) is 8.06. The van der Waals surface area contributed by atoms with Crippen molar-refractivity contribution >= 4 is 43.7 Å². The van der Waals surface area contributed by atoms with E-state index in [2.05, 4.69) is 25.9 Å². The van der Waals surface area contributed by atoms with Gasteiger partial charge in [-0.2, -0.15) is 0 Å². The summed E-state index contributed by atoms with van der Waals surface area (Å²) >= 11 is 0. The van der Waals surface area contributed by atoms with Gasteiger partial charge in [0.25, 0.3) is 0 Å². The molecule has 170 valence electrons. The molecule has 1 aliphatic heterocycles. The van der Waals surface area contributed by atoms with Gasteiger partial charge in [-0.1, -0.05) is 0 Å². The zero-order chi connectivity index (χ0) is 22.9. The zero-order valence-corrected chi connectivity index (χ0v) is 19.2. The largest absolute Gasteiger partial charge is 0.488 e. The lowest BCUT2D eigenvalue weighted by atomic mass is 10.0. The number of aryl methyl sites for hydroxylation is 1. The molecule has 32 heavy (non-hydrogen) atoms. The molecule has 3 unspecified atom stereocenters. The molecular weight excluding hydrogens is 431 g/mol. The summed E-state index contributed by atoms with van der Waals surface area (Å²) in [7, 11) is -2.42. The molecule has 2 N–H and O–H groups in total. The first kappa shape index (κ1) is 22.3. The Morgan fingerprint density at radius 3 is 2.84 bits per heavy atom. The van der Waals surface area contributed by atoms with Gasteiger partial charge in [0.2, 0.25) is 0 Å². The molecule has 0 radical (unpaired) electrons. The van der Waals surface area contributed by atoms with E-state index in [1.807, 2.05) is 19.9 Å². The highest BCUT2D eigenvalue weighted by Gasteiger charge is 2.25. The van der Waals surface area contributed by atoms with E-state index in [0.717, 1.165) is 24.0 Å². The lowest BCUT2D eigenvalue weighted by Gasteiger charge is -2.22. The fourth-order valence-electron chi connectivity index (χ4n) is 3.84. The maximum atomic E-state index is 14.0. The Morgan fingerprint density at radius 2 is 2.12 bits per heavy atom. The van der Waals surface area contributed by atoms with Gasteiger partial charge in [-0.15, -0.1) is 0 Å². The molecule has 2 aromatic carbocycles. The maximum Gasteiger partial charge on any atom is 0.146 e. The van der Waals surface area contributed by atoms with Crippen LogP contribution in [0, 0.1) is 18.7 Å². The molecule has 0 spiro atoms. The Hall–Kier alpha value is -2.91. The van der Waals surface area contributed by atoms with Crippen LogP contribution in [0.5, 0.6) is 5.75 Å². The van der Waals surface area contributed by atoms with Crippen LogP contribution in [0.4, 0.5) is 21.6 Å². The molecule has 4 rings (SSSR count). The number of hydrogen-bond donors (Lipinski definition) is 2. The van der Waals surface area contributed by atoms with E-state index in [1.54, 1.807) is 12.1 Å². The van der Waals surface area contributed by atoms with Crippen LogP contribution in [0.3, 0.4) is 0 Å². The summed E-state index contributed by atoms with van der Waals surface area (Å²) in [5.74, 6) is 4.50. The van der Waals surface area contributed by atoms with Crippen LogP contribution < -0.4 is 14.8 Å². The Morgan fingerprint density at radius 1 is 1.31 bits per heavy atom. The van der Waals surface area contributed by atoms with E-state index in [-0.39, 0.29) is 17.8 Å². The molecule has 0 bridgehead atoms. The summed E-state index contributed by atoms with van der Waals surface area (Å²) in [5, 5.41) is 4.09. The fourth-order valence-corrected chi connectivity index (χ4v) is 4.46. The van der Waals surface area contributed by atoms with Gasteiger partial charge in [0, 0.05) is 45.6 Å². The zero-order valence-electron chi connectivity index (χ0n) is 18.4. The Labute approximate surface area is 187 Å². The van der Waals surface area contributed by atoms with Crippen LogP contribution in [-0.4, -0.2) is 45.6 Å². The number of nitrogens with one attached hydrogen (secondary N) is 2. The van der Waals surface area contributed by atoms with Crippen molar-refractivity contribution in [1.29, 1.82) is 0 Å². The highest BCUT2D eigenvalue weighted by Crippen LogP contribution is 2.34. The first-order valence-corrected chi connectivity index (χ1v) is 12.5. The van der Waals surface area contributed by atoms with Crippen molar-refractivity contribution in [3.63, 3.8) is 0 Å². The molecule has 7 nitrogen and oxygen atoms in total. The number of hydrogen-bond acceptors (Lipinski definition) is 6. The van der Waals surface area contributed by atoms with Crippen molar-refractivity contribution in [2.45, 2.75) is 26.4 Å². The number of aromatic nitrogens is 2. The molecule has 0 amide bonds. The van der Waals surface area contributed by atoms with E-state index < -0.39 is 9.71 Å². The smallest absolute Gasteiger partial charge is 0.146 e. The number of benzene rings is 2. The molecule has 1 aliphatic rings. The fraction of sp³-hybridized carbons (Fsp3) is 0.348. The van der Waals surface area contributed by atoms with Crippen molar-refractivity contribution < 1.29 is 18.1 Å². The van der Waals surface area contributed by atoms with E-state index in [4.69, 9.17) is 9.47 Å². The van der Waals surface area contributed by atoms with Crippen LogP contribution in [0.2, 0.25) is 0 Å². The van der Waals surface area contributed by atoms with Gasteiger partial charge >= 0.3 is 0 Å². The second-order valence-corrected chi connectivity index (χ2v) is 10.4. The van der Waals surface area contributed by atoms with E-state index in [0.29, 0.717) is 35.1 Å². The number of fused-ring (bicyclic) bond motifs is 1. The van der Waals surface area contributed by atoms with E-state index in [9.17, 15) is 8.60 Å². The van der Waals surface area contributed by atoms with Gasteiger partial charge in [0.15, 0.2) is 0 Å². The number of halogens is 1. The van der Waals surface area contributed by atoms with Crippen LogP contribution in [0.15, 0.2) is 36.7 Å². The normalized spacial score (nSPS) is 18.8. The minimum atomic E-state index is -2.42. The Bertz CT molecular complexity index is 1240. The predicted octanol–water partition coefficient (Wildman–Crippen LogP) is 4.30. The quantitative estimate of drug-likeness (QED) is 0.514. The van der Waals surface area contributed by atoms with Crippen LogP contribution in [-0.2, 0) is 14.4 Å². The average molecular weight is 459 g/mol. The predicted molar refractivity (Wildman–Crippen MR) is 128 cm³/mol. The van der Waals surface area contributed by atoms with Crippen molar-refractivity contribution in [3.8, 4) is 5.75 Å². The molecular formula is C23H27FN4O3S. The molecule has 3 aromatic rings. The van der Waals surface area contributed by atoms with Gasteiger partial charge in [-0.25, -0.2) is 18.6 Å². The third-order valence-electron chi connectivity index (χ3n) is 5.41. The summed E-state index contributed by atoms with van der Waals surface area (Å²) in [6.45, 7) is 5.26. The van der Waals surface area contributed by atoms with Crippen molar-refractivity contribution in [3.05, 3.63) is 48.0 Å². The molecule has 0 aliphatic carbocycles. The second-order valence-electron chi connectivity index (χ2n) is 8.23. The van der Waals surface area contributed by atoms with E-state index >= 15 is 0 Å². The molecule has 1 aromatic heterocycles. The number of anilines is 3. The third kappa shape index (κ3) is 5.11. The molecule has 9 heteroatoms. The van der Waals surface area contributed by atoms with Gasteiger partial charge in [0.1, 0.15) is 29.8 Å². The van der Waals surface area contributed by atoms with Crippen molar-refractivity contribution in [1.82, 2.24) is 9.97 Å². The second kappa shape index (κ2) is 8.91. The van der Waals surface area contributed by atoms with Crippen molar-refractivity contribution in [2.24, 2.45) is 5.92 Å². The number of nitrogens with zero attached hydrogens (tertiary/aromatic N) is 2. The molecule has 1 fully saturated rings. The molecule has 2 heterocycles. The molecule has 0 saturated carbocycles. The summed E-state index contributed by atoms with van der Waals surface area (Å²) in [6.07, 6.45) is 3.78. The van der Waals surface area contributed by atoms with Gasteiger partial charge < -0.3 is 19.5 Å².